The molecule has 112 valence electrons. The van der Waals surface area contributed by atoms with Gasteiger partial charge in [-0.3, -0.25) is 9.69 Å². The predicted octanol–water partition coefficient (Wildman–Crippen LogP) is 2.70. The number of carbonyl (C=O) groups is 1. The summed E-state index contributed by atoms with van der Waals surface area (Å²) in [6, 6.07) is 7.80. The van der Waals surface area contributed by atoms with Crippen molar-refractivity contribution in [3.63, 3.8) is 0 Å². The molecule has 3 rings (SSSR count). The summed E-state index contributed by atoms with van der Waals surface area (Å²) >= 11 is 7.59. The number of halogens is 1. The van der Waals surface area contributed by atoms with Crippen LogP contribution in [0.4, 0.5) is 0 Å². The van der Waals surface area contributed by atoms with E-state index in [1.165, 1.54) is 4.88 Å². The first-order chi connectivity index (χ1) is 10.1. The number of rotatable bonds is 3. The molecule has 0 atom stereocenters. The Kier molecular flexibility index (Phi) is 4.33. The van der Waals surface area contributed by atoms with Crippen molar-refractivity contribution in [2.75, 3.05) is 26.2 Å². The molecule has 0 unspecified atom stereocenters. The van der Waals surface area contributed by atoms with E-state index in [0.717, 1.165) is 42.8 Å². The van der Waals surface area contributed by atoms with Crippen molar-refractivity contribution in [1.82, 2.24) is 14.4 Å². The van der Waals surface area contributed by atoms with Gasteiger partial charge in [-0.15, -0.1) is 11.3 Å². The van der Waals surface area contributed by atoms with E-state index in [2.05, 4.69) is 11.0 Å². The number of aryl methyl sites for hydroxylation is 1. The minimum Gasteiger partial charge on any atom is -0.347 e. The number of piperazine rings is 1. The van der Waals surface area contributed by atoms with Gasteiger partial charge in [0.05, 0.1) is 4.34 Å². The van der Waals surface area contributed by atoms with Crippen molar-refractivity contribution in [1.29, 1.82) is 0 Å². The van der Waals surface area contributed by atoms with Crippen LogP contribution in [0.1, 0.15) is 15.4 Å². The van der Waals surface area contributed by atoms with Crippen LogP contribution in [0.3, 0.4) is 0 Å². The second kappa shape index (κ2) is 6.22. The Morgan fingerprint density at radius 1 is 1.24 bits per heavy atom. The van der Waals surface area contributed by atoms with Crippen LogP contribution in [0, 0.1) is 0 Å². The van der Waals surface area contributed by atoms with E-state index in [-0.39, 0.29) is 5.91 Å². The molecule has 1 aliphatic heterocycles. The molecule has 0 bridgehead atoms. The average Bonchev–Trinajstić information content (AvgIpc) is 3.08. The van der Waals surface area contributed by atoms with E-state index in [4.69, 9.17) is 11.6 Å². The molecular formula is C15H18ClN3OS. The molecule has 1 aliphatic rings. The van der Waals surface area contributed by atoms with Crippen LogP contribution in [0.15, 0.2) is 30.5 Å². The molecule has 0 N–H and O–H groups in total. The molecule has 0 spiro atoms. The third-order valence-electron chi connectivity index (χ3n) is 3.83. The van der Waals surface area contributed by atoms with Crippen molar-refractivity contribution < 1.29 is 4.79 Å². The maximum absolute atomic E-state index is 12.4. The van der Waals surface area contributed by atoms with Crippen LogP contribution in [0.5, 0.6) is 0 Å². The summed E-state index contributed by atoms with van der Waals surface area (Å²) < 4.78 is 2.71. The highest BCUT2D eigenvalue weighted by Crippen LogP contribution is 2.23. The average molecular weight is 324 g/mol. The monoisotopic (exact) mass is 323 g/mol. The number of hydrogen-bond donors (Lipinski definition) is 0. The quantitative estimate of drug-likeness (QED) is 0.869. The Morgan fingerprint density at radius 2 is 2.00 bits per heavy atom. The summed E-state index contributed by atoms with van der Waals surface area (Å²) in [5.74, 6) is 0.126. The summed E-state index contributed by atoms with van der Waals surface area (Å²) in [6.07, 6.45) is 1.91. The first-order valence-electron chi connectivity index (χ1n) is 7.00. The van der Waals surface area contributed by atoms with Gasteiger partial charge < -0.3 is 9.47 Å². The molecule has 6 heteroatoms. The normalized spacial score (nSPS) is 16.4. The largest absolute Gasteiger partial charge is 0.347 e. The molecule has 0 radical (unpaired) electrons. The van der Waals surface area contributed by atoms with Crippen molar-refractivity contribution in [2.24, 2.45) is 7.05 Å². The molecule has 2 aromatic rings. The van der Waals surface area contributed by atoms with Gasteiger partial charge in [-0.25, -0.2) is 0 Å². The maximum atomic E-state index is 12.4. The van der Waals surface area contributed by atoms with Gasteiger partial charge in [0.1, 0.15) is 5.69 Å². The summed E-state index contributed by atoms with van der Waals surface area (Å²) in [4.78, 5) is 18.0. The molecule has 0 aromatic carbocycles. The number of nitrogens with zero attached hydrogens (tertiary/aromatic N) is 3. The predicted molar refractivity (Wildman–Crippen MR) is 85.9 cm³/mol. The highest BCUT2D eigenvalue weighted by Gasteiger charge is 2.23. The summed E-state index contributed by atoms with van der Waals surface area (Å²) in [7, 11) is 1.91. The fraction of sp³-hybridized carbons (Fsp3) is 0.400. The maximum Gasteiger partial charge on any atom is 0.270 e. The zero-order chi connectivity index (χ0) is 14.8. The second-order valence-electron chi connectivity index (χ2n) is 5.28. The third kappa shape index (κ3) is 3.31. The highest BCUT2D eigenvalue weighted by atomic mass is 35.5. The van der Waals surface area contributed by atoms with Crippen molar-refractivity contribution >= 4 is 28.8 Å². The first-order valence-corrected chi connectivity index (χ1v) is 8.20. The zero-order valence-electron chi connectivity index (χ0n) is 12.0. The van der Waals surface area contributed by atoms with Gasteiger partial charge in [0.15, 0.2) is 0 Å². The van der Waals surface area contributed by atoms with E-state index >= 15 is 0 Å². The van der Waals surface area contributed by atoms with E-state index < -0.39 is 0 Å². The fourth-order valence-electron chi connectivity index (χ4n) is 2.61. The number of amides is 1. The third-order valence-corrected chi connectivity index (χ3v) is 5.05. The van der Waals surface area contributed by atoms with Gasteiger partial charge in [0.2, 0.25) is 0 Å². The van der Waals surface area contributed by atoms with E-state index in [0.29, 0.717) is 0 Å². The lowest BCUT2D eigenvalue weighted by molar-refractivity contribution is 0.0620. The van der Waals surface area contributed by atoms with Gasteiger partial charge in [-0.1, -0.05) is 11.6 Å². The van der Waals surface area contributed by atoms with Crippen LogP contribution < -0.4 is 0 Å². The van der Waals surface area contributed by atoms with E-state index in [1.807, 2.05) is 40.9 Å². The second-order valence-corrected chi connectivity index (χ2v) is 7.08. The van der Waals surface area contributed by atoms with Gasteiger partial charge in [0, 0.05) is 50.8 Å². The molecule has 2 aromatic heterocycles. The smallest absolute Gasteiger partial charge is 0.270 e. The topological polar surface area (TPSA) is 28.5 Å². The number of hydrogen-bond acceptors (Lipinski definition) is 3. The summed E-state index contributed by atoms with van der Waals surface area (Å²) in [6.45, 7) is 4.30. The Bertz CT molecular complexity index is 628. The van der Waals surface area contributed by atoms with Crippen LogP contribution in [0.2, 0.25) is 4.34 Å². The Labute approximate surface area is 133 Å². The molecule has 1 fully saturated rings. The molecular weight excluding hydrogens is 306 g/mol. The molecule has 3 heterocycles. The standard InChI is InChI=1S/C15H18ClN3OS/c1-17-6-2-3-13(17)15(20)19-9-7-18(8-10-19)11-12-4-5-14(16)21-12/h2-6H,7-11H2,1H3. The molecule has 4 nitrogen and oxygen atoms in total. The van der Waals surface area contributed by atoms with Crippen LogP contribution in [-0.4, -0.2) is 46.5 Å². The minimum absolute atomic E-state index is 0.126. The van der Waals surface area contributed by atoms with Gasteiger partial charge in [-0.05, 0) is 24.3 Å². The Hall–Kier alpha value is -1.30. The number of thiophene rings is 1. The lowest BCUT2D eigenvalue weighted by Gasteiger charge is -2.34. The summed E-state index contributed by atoms with van der Waals surface area (Å²) in [5.41, 5.74) is 0.758. The van der Waals surface area contributed by atoms with Crippen LogP contribution >= 0.6 is 22.9 Å². The lowest BCUT2D eigenvalue weighted by atomic mass is 10.2. The van der Waals surface area contributed by atoms with Gasteiger partial charge in [-0.2, -0.15) is 0 Å². The van der Waals surface area contributed by atoms with Crippen LogP contribution in [-0.2, 0) is 13.6 Å². The van der Waals surface area contributed by atoms with Gasteiger partial charge >= 0.3 is 0 Å². The number of aromatic nitrogens is 1. The SMILES string of the molecule is Cn1cccc1C(=O)N1CCN(Cc2ccc(Cl)s2)CC1. The molecule has 1 amide bonds. The molecule has 0 saturated carbocycles. The summed E-state index contributed by atoms with van der Waals surface area (Å²) in [5, 5.41) is 0. The van der Waals surface area contributed by atoms with E-state index in [1.54, 1.807) is 11.3 Å². The van der Waals surface area contributed by atoms with Crippen molar-refractivity contribution in [3.8, 4) is 0 Å². The zero-order valence-corrected chi connectivity index (χ0v) is 13.5. The first kappa shape index (κ1) is 14.6. The fourth-order valence-corrected chi connectivity index (χ4v) is 3.74. The molecule has 21 heavy (non-hydrogen) atoms. The highest BCUT2D eigenvalue weighted by molar-refractivity contribution is 7.16. The molecule has 1 saturated heterocycles. The number of carbonyl (C=O) groups excluding carboxylic acids is 1. The van der Waals surface area contributed by atoms with E-state index in [9.17, 15) is 4.79 Å². The Morgan fingerprint density at radius 3 is 2.57 bits per heavy atom. The molecule has 0 aliphatic carbocycles. The van der Waals surface area contributed by atoms with Gasteiger partial charge in [0.25, 0.3) is 5.91 Å². The lowest BCUT2D eigenvalue weighted by Crippen LogP contribution is -2.48. The Balaban J connectivity index is 1.55. The van der Waals surface area contributed by atoms with Crippen LogP contribution in [0.25, 0.3) is 0 Å². The van der Waals surface area contributed by atoms with Crippen molar-refractivity contribution in [3.05, 3.63) is 45.4 Å². The van der Waals surface area contributed by atoms with Crippen molar-refractivity contribution in [2.45, 2.75) is 6.54 Å². The minimum atomic E-state index is 0.126.